The minimum atomic E-state index is 0.195. The first kappa shape index (κ1) is 15.9. The zero-order valence-corrected chi connectivity index (χ0v) is 13.9. The van der Waals surface area contributed by atoms with Gasteiger partial charge in [0.25, 0.3) is 0 Å². The van der Waals surface area contributed by atoms with Crippen LogP contribution in [0.15, 0.2) is 59.1 Å². The average molecular weight is 300 g/mol. The van der Waals surface area contributed by atoms with Crippen LogP contribution >= 0.6 is 11.8 Å². The summed E-state index contributed by atoms with van der Waals surface area (Å²) in [6.07, 6.45) is 3.31. The monoisotopic (exact) mass is 300 g/mol. The maximum atomic E-state index is 4.86. The van der Waals surface area contributed by atoms with Crippen molar-refractivity contribution in [2.45, 2.75) is 45.0 Å². The van der Waals surface area contributed by atoms with Gasteiger partial charge >= 0.3 is 0 Å². The molecule has 1 heterocycles. The van der Waals surface area contributed by atoms with Gasteiger partial charge in [-0.1, -0.05) is 72.8 Å². The van der Waals surface area contributed by atoms with Gasteiger partial charge in [0.2, 0.25) is 0 Å². The predicted octanol–water partition coefficient (Wildman–Crippen LogP) is 4.55. The molecule has 0 saturated heterocycles. The number of thioether (sulfide) groups is 1. The van der Waals surface area contributed by atoms with E-state index in [1.165, 1.54) is 11.1 Å². The van der Waals surface area contributed by atoms with Crippen LogP contribution in [0.5, 0.6) is 0 Å². The molecule has 2 rings (SSSR count). The molecular formula is C18H24N2S. The molecule has 1 aromatic rings. The molecule has 0 aromatic heterocycles. The van der Waals surface area contributed by atoms with Crippen molar-refractivity contribution in [1.29, 1.82) is 0 Å². The summed E-state index contributed by atoms with van der Waals surface area (Å²) in [6.45, 7) is 10.5. The van der Waals surface area contributed by atoms with Crippen molar-refractivity contribution < 1.29 is 0 Å². The Bertz CT molecular complexity index is 546. The van der Waals surface area contributed by atoms with Gasteiger partial charge in [0, 0.05) is 5.75 Å². The molecule has 2 nitrogen and oxygen atoms in total. The molecule has 1 aromatic carbocycles. The van der Waals surface area contributed by atoms with E-state index in [2.05, 4.69) is 63.0 Å². The Balaban J connectivity index is 2.05. The highest BCUT2D eigenvalue weighted by Gasteiger charge is 2.30. The van der Waals surface area contributed by atoms with Gasteiger partial charge in [-0.05, 0) is 25.8 Å². The summed E-state index contributed by atoms with van der Waals surface area (Å²) >= 11 is 1.77. The van der Waals surface area contributed by atoms with Crippen LogP contribution in [0.25, 0.3) is 0 Å². The maximum absolute atomic E-state index is 4.86. The SMILES string of the molecule is C=C(C)[C@H]1NC(SCc2ccccc2)=N[C@H]1/C(C)=C/CC. The molecule has 3 heteroatoms. The van der Waals surface area contributed by atoms with Gasteiger partial charge in [-0.25, -0.2) is 0 Å². The Morgan fingerprint density at radius 2 is 2.05 bits per heavy atom. The second-order valence-corrected chi connectivity index (χ2v) is 6.44. The number of nitrogens with zero attached hydrogens (tertiary/aromatic N) is 1. The van der Waals surface area contributed by atoms with Crippen molar-refractivity contribution in [1.82, 2.24) is 5.32 Å². The summed E-state index contributed by atoms with van der Waals surface area (Å²) in [5.74, 6) is 0.943. The lowest BCUT2D eigenvalue weighted by molar-refractivity contribution is 0.642. The van der Waals surface area contributed by atoms with Crippen molar-refractivity contribution in [3.8, 4) is 0 Å². The van der Waals surface area contributed by atoms with Crippen molar-refractivity contribution >= 4 is 16.9 Å². The first-order valence-electron chi connectivity index (χ1n) is 7.45. The Morgan fingerprint density at radius 1 is 1.33 bits per heavy atom. The van der Waals surface area contributed by atoms with Crippen LogP contribution < -0.4 is 5.32 Å². The molecular weight excluding hydrogens is 276 g/mol. The first-order valence-corrected chi connectivity index (χ1v) is 8.43. The van der Waals surface area contributed by atoms with Crippen molar-refractivity contribution in [3.05, 3.63) is 59.7 Å². The molecule has 21 heavy (non-hydrogen) atoms. The molecule has 0 saturated carbocycles. The third kappa shape index (κ3) is 4.24. The third-order valence-corrected chi connectivity index (χ3v) is 4.57. The Labute approximate surface area is 132 Å². The number of allylic oxidation sites excluding steroid dienone is 1. The van der Waals surface area contributed by atoms with Gasteiger partial charge in [-0.2, -0.15) is 0 Å². The zero-order valence-electron chi connectivity index (χ0n) is 13.1. The summed E-state index contributed by atoms with van der Waals surface area (Å²) in [5.41, 5.74) is 3.79. The Kier molecular flexibility index (Phi) is 5.68. The van der Waals surface area contributed by atoms with E-state index in [9.17, 15) is 0 Å². The van der Waals surface area contributed by atoms with Gasteiger partial charge in [-0.3, -0.25) is 4.99 Å². The third-order valence-electron chi connectivity index (χ3n) is 3.59. The van der Waals surface area contributed by atoms with Gasteiger partial charge in [0.1, 0.15) is 0 Å². The van der Waals surface area contributed by atoms with Gasteiger partial charge in [-0.15, -0.1) is 0 Å². The molecule has 1 N–H and O–H groups in total. The minimum Gasteiger partial charge on any atom is -0.356 e. The molecule has 0 radical (unpaired) electrons. The summed E-state index contributed by atoms with van der Waals surface area (Å²) in [5, 5.41) is 4.55. The summed E-state index contributed by atoms with van der Waals surface area (Å²) in [6, 6.07) is 10.9. The number of nitrogens with one attached hydrogen (secondary N) is 1. The van der Waals surface area contributed by atoms with E-state index in [1.807, 2.05) is 6.07 Å². The molecule has 0 aliphatic carbocycles. The number of amidine groups is 1. The lowest BCUT2D eigenvalue weighted by atomic mass is 9.97. The highest BCUT2D eigenvalue weighted by Crippen LogP contribution is 2.25. The molecule has 1 aliphatic rings. The van der Waals surface area contributed by atoms with Gasteiger partial charge in [0.15, 0.2) is 5.17 Å². The van der Waals surface area contributed by atoms with E-state index in [-0.39, 0.29) is 12.1 Å². The largest absolute Gasteiger partial charge is 0.356 e. The smallest absolute Gasteiger partial charge is 0.158 e. The van der Waals surface area contributed by atoms with Crippen molar-refractivity contribution in [2.24, 2.45) is 4.99 Å². The average Bonchev–Trinajstić information content (AvgIpc) is 2.91. The molecule has 0 spiro atoms. The van der Waals surface area contributed by atoms with Crippen LogP contribution in [0.3, 0.4) is 0 Å². The van der Waals surface area contributed by atoms with E-state index in [0.717, 1.165) is 22.9 Å². The second-order valence-electron chi connectivity index (χ2n) is 5.48. The number of aliphatic imine (C=N–C) groups is 1. The van der Waals surface area contributed by atoms with Crippen LogP contribution in [0.4, 0.5) is 0 Å². The van der Waals surface area contributed by atoms with Gasteiger partial charge < -0.3 is 5.32 Å². The highest BCUT2D eigenvalue weighted by molar-refractivity contribution is 8.13. The number of benzene rings is 1. The van der Waals surface area contributed by atoms with Crippen LogP contribution in [0.1, 0.15) is 32.8 Å². The van der Waals surface area contributed by atoms with Crippen LogP contribution in [-0.4, -0.2) is 17.3 Å². The van der Waals surface area contributed by atoms with Crippen molar-refractivity contribution in [2.75, 3.05) is 0 Å². The molecule has 0 amide bonds. The predicted molar refractivity (Wildman–Crippen MR) is 94.7 cm³/mol. The molecule has 2 atom stereocenters. The molecule has 0 fully saturated rings. The van der Waals surface area contributed by atoms with Crippen LogP contribution in [-0.2, 0) is 5.75 Å². The molecule has 0 bridgehead atoms. The Morgan fingerprint density at radius 3 is 2.67 bits per heavy atom. The van der Waals surface area contributed by atoms with Crippen molar-refractivity contribution in [3.63, 3.8) is 0 Å². The normalized spacial score (nSPS) is 21.9. The van der Waals surface area contributed by atoms with E-state index in [4.69, 9.17) is 4.99 Å². The van der Waals surface area contributed by atoms with Crippen LogP contribution in [0, 0.1) is 0 Å². The zero-order chi connectivity index (χ0) is 15.2. The highest BCUT2D eigenvalue weighted by atomic mass is 32.2. The maximum Gasteiger partial charge on any atom is 0.158 e. The summed E-state index contributed by atoms with van der Waals surface area (Å²) in [7, 11) is 0. The molecule has 112 valence electrons. The minimum absolute atomic E-state index is 0.195. The second kappa shape index (κ2) is 7.51. The van der Waals surface area contributed by atoms with E-state index in [0.29, 0.717) is 0 Å². The first-order chi connectivity index (χ1) is 10.1. The Hall–Kier alpha value is -1.48. The fourth-order valence-corrected chi connectivity index (χ4v) is 3.35. The van der Waals surface area contributed by atoms with E-state index in [1.54, 1.807) is 11.8 Å². The number of hydrogen-bond acceptors (Lipinski definition) is 3. The standard InChI is InChI=1S/C18H24N2S/c1-5-9-14(4)17-16(13(2)3)19-18(20-17)21-12-15-10-7-6-8-11-15/h6-11,16-17H,2,5,12H2,1,3-4H3,(H,19,20)/b14-9+/t16-,17+/m1/s1. The fraction of sp³-hybridized carbons (Fsp3) is 0.389. The number of hydrogen-bond donors (Lipinski definition) is 1. The number of rotatable bonds is 5. The molecule has 0 unspecified atom stereocenters. The van der Waals surface area contributed by atoms with E-state index < -0.39 is 0 Å². The quantitative estimate of drug-likeness (QED) is 0.807. The van der Waals surface area contributed by atoms with E-state index >= 15 is 0 Å². The topological polar surface area (TPSA) is 24.4 Å². The lowest BCUT2D eigenvalue weighted by Gasteiger charge is -2.19. The fourth-order valence-electron chi connectivity index (χ4n) is 2.46. The van der Waals surface area contributed by atoms with Crippen LogP contribution in [0.2, 0.25) is 0 Å². The summed E-state index contributed by atoms with van der Waals surface area (Å²) in [4.78, 5) is 4.86. The molecule has 1 aliphatic heterocycles. The van der Waals surface area contributed by atoms with Gasteiger partial charge in [0.05, 0.1) is 12.1 Å². The summed E-state index contributed by atoms with van der Waals surface area (Å²) < 4.78 is 0. The lowest BCUT2D eigenvalue weighted by Crippen LogP contribution is -2.35.